The molecule has 4 nitrogen and oxygen atoms in total. The highest BCUT2D eigenvalue weighted by atomic mass is 35.7. The van der Waals surface area contributed by atoms with Gasteiger partial charge >= 0.3 is 0 Å². The second-order valence-electron chi connectivity index (χ2n) is 2.65. The molecule has 2 rings (SSSR count). The average Bonchev–Trinajstić information content (AvgIpc) is 2.46. The van der Waals surface area contributed by atoms with Crippen molar-refractivity contribution in [3.63, 3.8) is 0 Å². The molecule has 1 heterocycles. The molecular formula is C7H4ClFN2O2S. The summed E-state index contributed by atoms with van der Waals surface area (Å²) < 4.78 is 34.8. The van der Waals surface area contributed by atoms with Crippen LogP contribution in [0.2, 0.25) is 0 Å². The zero-order chi connectivity index (χ0) is 10.3. The molecular weight excluding hydrogens is 231 g/mol. The fourth-order valence-electron chi connectivity index (χ4n) is 1.11. The highest BCUT2D eigenvalue weighted by Gasteiger charge is 2.13. The van der Waals surface area contributed by atoms with Gasteiger partial charge in [-0.05, 0) is 18.2 Å². The summed E-state index contributed by atoms with van der Waals surface area (Å²) in [7, 11) is 1.27. The van der Waals surface area contributed by atoms with Gasteiger partial charge in [0.1, 0.15) is 0 Å². The molecule has 0 spiro atoms. The van der Waals surface area contributed by atoms with Crippen molar-refractivity contribution in [2.45, 2.75) is 4.90 Å². The lowest BCUT2D eigenvalue weighted by atomic mass is 10.2. The Morgan fingerprint density at radius 1 is 1.43 bits per heavy atom. The van der Waals surface area contributed by atoms with Crippen LogP contribution in [-0.4, -0.2) is 18.6 Å². The van der Waals surface area contributed by atoms with E-state index in [9.17, 15) is 12.8 Å². The maximum atomic E-state index is 13.0. The first-order valence-corrected chi connectivity index (χ1v) is 5.88. The van der Waals surface area contributed by atoms with Crippen molar-refractivity contribution in [3.05, 3.63) is 24.1 Å². The summed E-state index contributed by atoms with van der Waals surface area (Å²) in [4.78, 5) is -0.146. The number of nitrogens with zero attached hydrogens (tertiary/aromatic N) is 1. The molecule has 0 atom stereocenters. The lowest BCUT2D eigenvalue weighted by Crippen LogP contribution is -1.89. The van der Waals surface area contributed by atoms with Crippen LogP contribution in [0.1, 0.15) is 0 Å². The number of halogens is 2. The zero-order valence-corrected chi connectivity index (χ0v) is 8.23. The van der Waals surface area contributed by atoms with Crippen LogP contribution in [0.25, 0.3) is 10.9 Å². The Kier molecular flexibility index (Phi) is 1.97. The zero-order valence-electron chi connectivity index (χ0n) is 6.66. The molecule has 0 amide bonds. The molecule has 1 aromatic carbocycles. The van der Waals surface area contributed by atoms with Crippen LogP contribution in [-0.2, 0) is 9.05 Å². The first kappa shape index (κ1) is 9.42. The van der Waals surface area contributed by atoms with E-state index in [-0.39, 0.29) is 10.3 Å². The van der Waals surface area contributed by atoms with Gasteiger partial charge < -0.3 is 0 Å². The third-order valence-electron chi connectivity index (χ3n) is 1.76. The number of H-pyrrole nitrogens is 1. The molecule has 0 saturated heterocycles. The number of aromatic nitrogens is 2. The highest BCUT2D eigenvalue weighted by molar-refractivity contribution is 8.13. The molecule has 0 unspecified atom stereocenters. The number of rotatable bonds is 1. The van der Waals surface area contributed by atoms with Gasteiger partial charge in [0.15, 0.2) is 0 Å². The molecule has 14 heavy (non-hydrogen) atoms. The summed E-state index contributed by atoms with van der Waals surface area (Å²) in [5.41, 5.74) is 0.353. The molecule has 0 bridgehead atoms. The van der Waals surface area contributed by atoms with E-state index in [0.717, 1.165) is 6.07 Å². The van der Waals surface area contributed by atoms with Crippen LogP contribution >= 0.6 is 10.7 Å². The minimum Gasteiger partial charge on any atom is -0.252 e. The molecule has 0 aliphatic carbocycles. The van der Waals surface area contributed by atoms with Crippen molar-refractivity contribution in [3.8, 4) is 0 Å². The van der Waals surface area contributed by atoms with Crippen molar-refractivity contribution in [1.82, 2.24) is 10.2 Å². The van der Waals surface area contributed by atoms with E-state index in [1.165, 1.54) is 12.1 Å². The van der Waals surface area contributed by atoms with Gasteiger partial charge in [-0.2, -0.15) is 9.49 Å². The molecule has 1 N–H and O–H groups in total. The van der Waals surface area contributed by atoms with Crippen LogP contribution < -0.4 is 0 Å². The summed E-state index contributed by atoms with van der Waals surface area (Å²) >= 11 is 0. The average molecular weight is 235 g/mol. The third kappa shape index (κ3) is 1.46. The van der Waals surface area contributed by atoms with Crippen molar-refractivity contribution < 1.29 is 12.8 Å². The second kappa shape index (κ2) is 2.93. The Morgan fingerprint density at radius 3 is 2.79 bits per heavy atom. The van der Waals surface area contributed by atoms with Crippen molar-refractivity contribution >= 4 is 30.6 Å². The van der Waals surface area contributed by atoms with Gasteiger partial charge in [-0.3, -0.25) is 5.10 Å². The molecule has 0 saturated carbocycles. The van der Waals surface area contributed by atoms with Crippen molar-refractivity contribution in [1.29, 1.82) is 0 Å². The number of nitrogens with one attached hydrogen (secondary N) is 1. The van der Waals surface area contributed by atoms with Gasteiger partial charge in [0, 0.05) is 10.7 Å². The maximum absolute atomic E-state index is 13.0. The fourth-order valence-corrected chi connectivity index (χ4v) is 1.89. The van der Waals surface area contributed by atoms with Crippen LogP contribution in [0.3, 0.4) is 0 Å². The number of aromatic amines is 1. The second-order valence-corrected chi connectivity index (χ2v) is 5.22. The Bertz CT molecular complexity index is 593. The van der Waals surface area contributed by atoms with E-state index >= 15 is 0 Å². The normalized spacial score (nSPS) is 12.1. The van der Waals surface area contributed by atoms with E-state index in [4.69, 9.17) is 10.7 Å². The summed E-state index contributed by atoms with van der Waals surface area (Å²) in [6.07, 6.45) is 0. The van der Waals surface area contributed by atoms with Crippen LogP contribution in [0.5, 0.6) is 0 Å². The standard InChI is InChI=1S/C7H4ClFN2O2S/c8-14(12,13)4-1-2-6-5(3-4)7(9)11-10-6/h1-3H,(H,10,11). The first-order valence-electron chi connectivity index (χ1n) is 3.57. The van der Waals surface area contributed by atoms with Gasteiger partial charge in [0.05, 0.1) is 15.8 Å². The number of fused-ring (bicyclic) bond motifs is 1. The topological polar surface area (TPSA) is 62.8 Å². The van der Waals surface area contributed by atoms with Gasteiger partial charge in [0.2, 0.25) is 5.95 Å². The smallest absolute Gasteiger partial charge is 0.252 e. The summed E-state index contributed by atoms with van der Waals surface area (Å²) in [6.45, 7) is 0. The first-order chi connectivity index (χ1) is 6.48. The van der Waals surface area contributed by atoms with E-state index < -0.39 is 15.0 Å². The van der Waals surface area contributed by atoms with E-state index in [1.54, 1.807) is 0 Å². The lowest BCUT2D eigenvalue weighted by molar-refractivity contribution is 0.588. The van der Waals surface area contributed by atoms with E-state index in [1.807, 2.05) is 0 Å². The van der Waals surface area contributed by atoms with Gasteiger partial charge in [-0.25, -0.2) is 8.42 Å². The van der Waals surface area contributed by atoms with Crippen LogP contribution in [0.15, 0.2) is 23.1 Å². The SMILES string of the molecule is O=S(=O)(Cl)c1ccc2n[nH]c(F)c2c1. The third-order valence-corrected chi connectivity index (χ3v) is 3.11. The van der Waals surface area contributed by atoms with Crippen LogP contribution in [0.4, 0.5) is 4.39 Å². The molecule has 74 valence electrons. The number of benzene rings is 1. The van der Waals surface area contributed by atoms with Crippen molar-refractivity contribution in [2.24, 2.45) is 0 Å². The monoisotopic (exact) mass is 234 g/mol. The lowest BCUT2D eigenvalue weighted by Gasteiger charge is -1.94. The van der Waals surface area contributed by atoms with E-state index in [2.05, 4.69) is 10.2 Å². The number of hydrogen-bond acceptors (Lipinski definition) is 3. The summed E-state index contributed by atoms with van der Waals surface area (Å²) in [6, 6.07) is 3.78. The Hall–Kier alpha value is -1.14. The molecule has 1 aromatic heterocycles. The number of hydrogen-bond donors (Lipinski definition) is 1. The Balaban J connectivity index is 2.79. The van der Waals surface area contributed by atoms with Gasteiger partial charge in [0.25, 0.3) is 9.05 Å². The predicted molar refractivity (Wildman–Crippen MR) is 49.1 cm³/mol. The molecule has 0 fully saturated rings. The molecule has 7 heteroatoms. The van der Waals surface area contributed by atoms with Crippen LogP contribution in [0, 0.1) is 5.95 Å². The quantitative estimate of drug-likeness (QED) is 0.763. The fraction of sp³-hybridized carbons (Fsp3) is 0. The Morgan fingerprint density at radius 2 is 2.14 bits per heavy atom. The highest BCUT2D eigenvalue weighted by Crippen LogP contribution is 2.21. The van der Waals surface area contributed by atoms with Gasteiger partial charge in [-0.15, -0.1) is 0 Å². The molecule has 0 aliphatic heterocycles. The minimum absolute atomic E-state index is 0.103. The molecule has 0 aliphatic rings. The van der Waals surface area contributed by atoms with Gasteiger partial charge in [-0.1, -0.05) is 0 Å². The maximum Gasteiger partial charge on any atom is 0.261 e. The van der Waals surface area contributed by atoms with E-state index in [0.29, 0.717) is 5.52 Å². The minimum atomic E-state index is -3.83. The summed E-state index contributed by atoms with van der Waals surface area (Å²) in [5.74, 6) is -0.679. The molecule has 0 radical (unpaired) electrons. The molecule has 2 aromatic rings. The largest absolute Gasteiger partial charge is 0.261 e. The van der Waals surface area contributed by atoms with Crippen molar-refractivity contribution in [2.75, 3.05) is 0 Å². The predicted octanol–water partition coefficient (Wildman–Crippen LogP) is 1.63. The summed E-state index contributed by atoms with van der Waals surface area (Å²) in [5, 5.41) is 5.81. The Labute approximate surface area is 83.1 Å².